The zero-order chi connectivity index (χ0) is 63.8. The van der Waals surface area contributed by atoms with Gasteiger partial charge in [-0.25, -0.2) is 9.36 Å². The number of rotatable bonds is 33. The molecule has 7 aromatic rings. The number of hydrogen-bond acceptors (Lipinski definition) is 6. The van der Waals surface area contributed by atoms with E-state index in [1.54, 1.807) is 36.4 Å². The first-order chi connectivity index (χ1) is 42.2. The second kappa shape index (κ2) is 34.9. The van der Waals surface area contributed by atoms with E-state index in [4.69, 9.17) is 151 Å². The number of aromatic nitrogens is 4. The van der Waals surface area contributed by atoms with Crippen LogP contribution in [-0.2, 0) is 0 Å². The van der Waals surface area contributed by atoms with Crippen LogP contribution < -0.4 is 32.4 Å². The highest BCUT2D eigenvalue weighted by molar-refractivity contribution is 6.57. The van der Waals surface area contributed by atoms with Gasteiger partial charge in [0.15, 0.2) is 0 Å². The summed E-state index contributed by atoms with van der Waals surface area (Å²) < 4.78 is 1.91. The molecule has 2 aromatic heterocycles. The second-order valence-corrected chi connectivity index (χ2v) is 26.4. The Balaban J connectivity index is 1.35. The maximum atomic E-state index is 15.9. The van der Waals surface area contributed by atoms with E-state index < -0.39 is 17.0 Å². The molecule has 0 fully saturated rings. The molecule has 5 aromatic carbocycles. The number of anilines is 4. The highest BCUT2D eigenvalue weighted by atomic mass is 35.5. The number of nitrogens with zero attached hydrogens (tertiary/aromatic N) is 2. The van der Waals surface area contributed by atoms with Crippen LogP contribution in [0.4, 0.5) is 23.0 Å². The third kappa shape index (κ3) is 17.8. The number of halogens is 13. The second-order valence-electron chi connectivity index (χ2n) is 21.4. The lowest BCUT2D eigenvalue weighted by Gasteiger charge is -2.20. The molecule has 0 spiro atoms. The molecule has 7 rings (SSSR count). The minimum Gasteiger partial charge on any atom is -0.352 e. The number of carbonyl (C=O) groups excluding carboxylic acids is 2. The van der Waals surface area contributed by atoms with Gasteiger partial charge in [0.2, 0.25) is 0 Å². The predicted octanol–water partition coefficient (Wildman–Crippen LogP) is 23.1. The van der Waals surface area contributed by atoms with Crippen molar-refractivity contribution < 1.29 is 9.59 Å². The Bertz CT molecular complexity index is 3440. The van der Waals surface area contributed by atoms with Crippen molar-refractivity contribution in [2.24, 2.45) is 0 Å². The third-order valence-corrected chi connectivity index (χ3v) is 20.6. The van der Waals surface area contributed by atoms with Gasteiger partial charge in [0.05, 0.1) is 88.7 Å². The van der Waals surface area contributed by atoms with Crippen molar-refractivity contribution in [2.45, 2.75) is 148 Å². The number of unbranched alkanes of at least 4 members (excludes halogenated alkanes) is 18. The van der Waals surface area contributed by atoms with E-state index in [2.05, 4.69) is 45.3 Å². The van der Waals surface area contributed by atoms with Gasteiger partial charge in [-0.3, -0.25) is 29.4 Å². The van der Waals surface area contributed by atoms with Gasteiger partial charge in [0.25, 0.3) is 22.9 Å². The molecule has 0 saturated heterocycles. The Morgan fingerprint density at radius 1 is 0.409 bits per heavy atom. The molecule has 2 amide bonds. The highest BCUT2D eigenvalue weighted by Crippen LogP contribution is 2.49. The van der Waals surface area contributed by atoms with Crippen LogP contribution in [-0.4, -0.2) is 44.5 Å². The van der Waals surface area contributed by atoms with Crippen molar-refractivity contribution in [2.75, 3.05) is 23.7 Å². The monoisotopic (exact) mass is 1450 g/mol. The molecule has 2 heterocycles. The molecule has 0 aliphatic heterocycles. The molecule has 0 atom stereocenters. The van der Waals surface area contributed by atoms with E-state index in [1.807, 2.05) is 0 Å². The number of aromatic amines is 2. The maximum absolute atomic E-state index is 15.9. The topological polar surface area (TPSA) is 158 Å². The Morgan fingerprint density at radius 3 is 1.07 bits per heavy atom. The summed E-state index contributed by atoms with van der Waals surface area (Å²) in [6, 6.07) is 15.6. The molecule has 474 valence electrons. The minimum absolute atomic E-state index is 0.0733. The van der Waals surface area contributed by atoms with Crippen LogP contribution in [0.3, 0.4) is 0 Å². The molecule has 0 saturated carbocycles. The Hall–Kier alpha value is -3.57. The number of H-pyrrole nitrogens is 2. The van der Waals surface area contributed by atoms with Crippen molar-refractivity contribution in [3.63, 3.8) is 0 Å². The number of nitrogens with one attached hydrogen (secondary N) is 6. The first kappa shape index (κ1) is 71.9. The molecule has 0 bridgehead atoms. The molecule has 12 nitrogen and oxygen atoms in total. The van der Waals surface area contributed by atoms with Crippen LogP contribution in [0.5, 0.6) is 0 Å². The summed E-state index contributed by atoms with van der Waals surface area (Å²) in [7, 11) is 0. The predicted molar refractivity (Wildman–Crippen MR) is 373 cm³/mol. The Labute approximate surface area is 578 Å². The SMILES string of the molecule is CCCCCCCCCCCCNC(=O)c1ccc(Cl)c(Nc2[nH]n(-c3c(Cl)c(Cl)c(Cl)c(Cl)c3Cl)c(=O)c2C(c2ccccc2Cl)c2c(Nc3cc(C(=O)NCCCCCCCCCCCC)ccc3Cl)[nH]n(-c3c(Cl)c(Cl)c(Cl)c(Cl)c3Cl)c2=O)c1. The highest BCUT2D eigenvalue weighted by Gasteiger charge is 2.37. The summed E-state index contributed by atoms with van der Waals surface area (Å²) >= 11 is 88.4. The minimum atomic E-state index is -1.57. The van der Waals surface area contributed by atoms with E-state index in [1.165, 1.54) is 101 Å². The first-order valence-corrected chi connectivity index (χ1v) is 34.3. The van der Waals surface area contributed by atoms with Crippen molar-refractivity contribution in [3.8, 4) is 11.4 Å². The fraction of sp³-hybridized carbons (Fsp3) is 0.397. The van der Waals surface area contributed by atoms with Gasteiger partial charge in [-0.15, -0.1) is 0 Å². The van der Waals surface area contributed by atoms with Crippen molar-refractivity contribution >= 4 is 186 Å². The first-order valence-electron chi connectivity index (χ1n) is 29.4. The molecular weight excluding hydrogens is 1390 g/mol. The molecule has 0 aliphatic carbocycles. The summed E-state index contributed by atoms with van der Waals surface area (Å²) in [6.07, 6.45) is 22.8. The summed E-state index contributed by atoms with van der Waals surface area (Å²) in [5.74, 6) is -2.60. The van der Waals surface area contributed by atoms with Gasteiger partial charge >= 0.3 is 0 Å². The maximum Gasteiger partial charge on any atom is 0.277 e. The van der Waals surface area contributed by atoms with Gasteiger partial charge in [-0.2, -0.15) is 0 Å². The van der Waals surface area contributed by atoms with E-state index >= 15 is 9.59 Å². The van der Waals surface area contributed by atoms with Crippen molar-refractivity contribution in [1.29, 1.82) is 0 Å². The molecule has 0 radical (unpaired) electrons. The van der Waals surface area contributed by atoms with Crippen LogP contribution in [0.15, 0.2) is 70.3 Å². The number of hydrogen-bond donors (Lipinski definition) is 6. The van der Waals surface area contributed by atoms with E-state index in [0.29, 0.717) is 13.1 Å². The summed E-state index contributed by atoms with van der Waals surface area (Å²) in [6.45, 7) is 5.29. The summed E-state index contributed by atoms with van der Waals surface area (Å²) in [4.78, 5) is 59.5. The van der Waals surface area contributed by atoms with E-state index in [0.717, 1.165) is 60.7 Å². The Kier molecular flexibility index (Phi) is 28.5. The number of amides is 2. The van der Waals surface area contributed by atoms with Crippen LogP contribution in [0, 0.1) is 0 Å². The molecular formula is C63H67Cl13N8O4. The standard InChI is InChI=1S/C63H67Cl13N8O4/c1-3-5-7-9-11-13-15-17-19-23-31-77-60(85)35-27-29-39(65)41(33-35)79-58-44(62(87)83(81-58)56-52(73)48(69)46(67)49(70)53(56)74)43(37-25-21-22-26-38(37)64)45-59(82-84(63(45)88)57-54(75)50(71)47(68)51(72)55(57)76)80-42-34-36(28-30-40(42)66)61(86)78-32-24-20-18-16-14-12-10-8-6-4-2/h21-22,25-30,33-34,43,79-82H,3-20,23-24,31-32H2,1-2H3,(H,77,85)(H,78,86). The van der Waals surface area contributed by atoms with Gasteiger partial charge in [0.1, 0.15) is 23.0 Å². The van der Waals surface area contributed by atoms with Crippen LogP contribution in [0.2, 0.25) is 65.3 Å². The number of benzene rings is 5. The number of carbonyl (C=O) groups is 2. The third-order valence-electron chi connectivity index (χ3n) is 15.1. The Morgan fingerprint density at radius 2 is 0.727 bits per heavy atom. The van der Waals surface area contributed by atoms with Gasteiger partial charge in [0, 0.05) is 29.2 Å². The van der Waals surface area contributed by atoms with Crippen LogP contribution >= 0.6 is 151 Å². The quantitative estimate of drug-likeness (QED) is 0.0137. The largest absolute Gasteiger partial charge is 0.352 e. The lowest BCUT2D eigenvalue weighted by Crippen LogP contribution is -2.26. The summed E-state index contributed by atoms with van der Waals surface area (Å²) in [5.41, 5.74) is -1.87. The fourth-order valence-corrected chi connectivity index (χ4v) is 13.5. The summed E-state index contributed by atoms with van der Waals surface area (Å²) in [5, 5.41) is 16.4. The zero-order valence-electron chi connectivity index (χ0n) is 48.3. The smallest absolute Gasteiger partial charge is 0.277 e. The van der Waals surface area contributed by atoms with Gasteiger partial charge in [-0.05, 0) is 60.9 Å². The van der Waals surface area contributed by atoms with Gasteiger partial charge in [-0.1, -0.05) is 298 Å². The molecule has 25 heteroatoms. The van der Waals surface area contributed by atoms with E-state index in [-0.39, 0.29) is 139 Å². The van der Waals surface area contributed by atoms with Crippen LogP contribution in [0.1, 0.15) is 186 Å². The lowest BCUT2D eigenvalue weighted by molar-refractivity contribution is 0.0944. The van der Waals surface area contributed by atoms with Crippen molar-refractivity contribution in [1.82, 2.24) is 30.2 Å². The molecule has 88 heavy (non-hydrogen) atoms. The average Bonchev–Trinajstić information content (AvgIpc) is 1.58. The lowest BCUT2D eigenvalue weighted by atomic mass is 9.86. The van der Waals surface area contributed by atoms with Gasteiger partial charge < -0.3 is 21.3 Å². The normalized spacial score (nSPS) is 11.5. The van der Waals surface area contributed by atoms with Crippen LogP contribution in [0.25, 0.3) is 11.4 Å². The molecule has 0 unspecified atom stereocenters. The fourth-order valence-electron chi connectivity index (χ4n) is 10.3. The zero-order valence-corrected chi connectivity index (χ0v) is 58.2. The molecule has 0 aliphatic rings. The average molecular weight is 1460 g/mol. The van der Waals surface area contributed by atoms with Crippen molar-refractivity contribution in [3.05, 3.63) is 174 Å². The van der Waals surface area contributed by atoms with E-state index in [9.17, 15) is 9.59 Å². The molecule has 6 N–H and O–H groups in total.